The standard InChI is InChI=1S/C27H20ClN3O2S.H3N/c28-22-8-4-5-9-23(22)34-25-26(32)30-31(27(25)33)24(20-6-2-1-3-7-20)21-12-10-18(11-13-21)19-14-16-29-17-15-19;/h1-17,24,33H,(H,30,32);1H3. The summed E-state index contributed by atoms with van der Waals surface area (Å²) < 4.78 is 1.51. The molecule has 5 rings (SSSR count). The molecule has 6 nitrogen and oxygen atoms in total. The predicted octanol–water partition coefficient (Wildman–Crippen LogP) is 6.55. The molecule has 0 aliphatic heterocycles. The molecular weight excluding hydrogens is 480 g/mol. The lowest BCUT2D eigenvalue weighted by atomic mass is 9.96. The summed E-state index contributed by atoms with van der Waals surface area (Å²) in [5.41, 5.74) is 3.58. The Labute approximate surface area is 211 Å². The summed E-state index contributed by atoms with van der Waals surface area (Å²) in [5, 5.41) is 14.5. The molecule has 2 heterocycles. The molecular formula is C27H23ClN4O2S. The third-order valence-electron chi connectivity index (χ3n) is 5.52. The van der Waals surface area contributed by atoms with Gasteiger partial charge in [-0.3, -0.25) is 14.9 Å². The molecule has 0 aliphatic carbocycles. The number of nitrogens with one attached hydrogen (secondary N) is 1. The van der Waals surface area contributed by atoms with Gasteiger partial charge in [0.2, 0.25) is 5.88 Å². The van der Waals surface area contributed by atoms with Crippen molar-refractivity contribution >= 4 is 23.4 Å². The van der Waals surface area contributed by atoms with Crippen LogP contribution in [-0.2, 0) is 0 Å². The van der Waals surface area contributed by atoms with Crippen molar-refractivity contribution in [1.29, 1.82) is 0 Å². The fourth-order valence-electron chi connectivity index (χ4n) is 3.87. The first kappa shape index (κ1) is 24.3. The van der Waals surface area contributed by atoms with Crippen LogP contribution in [0.25, 0.3) is 11.1 Å². The zero-order valence-electron chi connectivity index (χ0n) is 18.6. The van der Waals surface area contributed by atoms with Crippen molar-refractivity contribution in [2.45, 2.75) is 15.8 Å². The average molecular weight is 503 g/mol. The van der Waals surface area contributed by atoms with Crippen LogP contribution in [0.1, 0.15) is 17.2 Å². The molecule has 0 aliphatic rings. The summed E-state index contributed by atoms with van der Waals surface area (Å²) in [7, 11) is 0. The van der Waals surface area contributed by atoms with E-state index in [1.54, 1.807) is 18.5 Å². The average Bonchev–Trinajstić information content (AvgIpc) is 3.15. The lowest BCUT2D eigenvalue weighted by Crippen LogP contribution is -2.16. The maximum Gasteiger partial charge on any atom is 0.282 e. The summed E-state index contributed by atoms with van der Waals surface area (Å²) in [6.07, 6.45) is 3.52. The zero-order valence-corrected chi connectivity index (χ0v) is 20.2. The first-order valence-corrected chi connectivity index (χ1v) is 11.8. The van der Waals surface area contributed by atoms with E-state index in [4.69, 9.17) is 11.6 Å². The summed E-state index contributed by atoms with van der Waals surface area (Å²) >= 11 is 7.42. The van der Waals surface area contributed by atoms with Gasteiger partial charge >= 0.3 is 0 Å². The number of hydrogen-bond acceptors (Lipinski definition) is 5. The molecule has 0 fully saturated rings. The van der Waals surface area contributed by atoms with Crippen LogP contribution in [0.2, 0.25) is 5.02 Å². The van der Waals surface area contributed by atoms with Crippen molar-refractivity contribution in [3.8, 4) is 17.0 Å². The first-order chi connectivity index (χ1) is 16.6. The van der Waals surface area contributed by atoms with Gasteiger partial charge in [-0.1, -0.05) is 90.1 Å². The Morgan fingerprint density at radius 3 is 2.11 bits per heavy atom. The highest BCUT2D eigenvalue weighted by Gasteiger charge is 2.24. The van der Waals surface area contributed by atoms with E-state index in [0.717, 1.165) is 34.0 Å². The Kier molecular flexibility index (Phi) is 7.41. The topological polar surface area (TPSA) is 106 Å². The summed E-state index contributed by atoms with van der Waals surface area (Å²) in [6, 6.07) is 28.5. The summed E-state index contributed by atoms with van der Waals surface area (Å²) in [4.78, 5) is 17.8. The van der Waals surface area contributed by atoms with Crippen LogP contribution in [-0.4, -0.2) is 19.9 Å². The van der Waals surface area contributed by atoms with E-state index >= 15 is 0 Å². The number of aromatic nitrogens is 3. The highest BCUT2D eigenvalue weighted by Crippen LogP contribution is 2.38. The molecule has 1 unspecified atom stereocenters. The fourth-order valence-corrected chi connectivity index (χ4v) is 4.98. The van der Waals surface area contributed by atoms with Gasteiger partial charge in [0.25, 0.3) is 5.56 Å². The number of pyridine rings is 1. The molecule has 5 aromatic rings. The van der Waals surface area contributed by atoms with Gasteiger partial charge in [-0.2, -0.15) is 0 Å². The Bertz CT molecular complexity index is 1470. The maximum atomic E-state index is 12.9. The van der Waals surface area contributed by atoms with Crippen molar-refractivity contribution in [2.75, 3.05) is 0 Å². The maximum absolute atomic E-state index is 12.9. The molecule has 1 atom stereocenters. The van der Waals surface area contributed by atoms with Gasteiger partial charge in [0.05, 0.1) is 5.02 Å². The number of aromatic hydroxyl groups is 1. The number of halogens is 1. The van der Waals surface area contributed by atoms with Gasteiger partial charge in [-0.25, -0.2) is 4.68 Å². The Hall–Kier alpha value is -3.78. The molecule has 0 spiro atoms. The normalized spacial score (nSPS) is 11.6. The quantitative estimate of drug-likeness (QED) is 0.244. The largest absolute Gasteiger partial charge is 0.493 e. The van der Waals surface area contributed by atoms with Crippen molar-refractivity contribution in [3.63, 3.8) is 0 Å². The summed E-state index contributed by atoms with van der Waals surface area (Å²) in [5.74, 6) is -0.137. The Morgan fingerprint density at radius 1 is 0.829 bits per heavy atom. The van der Waals surface area contributed by atoms with Gasteiger partial charge in [0, 0.05) is 17.3 Å². The van der Waals surface area contributed by atoms with Gasteiger partial charge in [-0.15, -0.1) is 0 Å². The Morgan fingerprint density at radius 2 is 1.43 bits per heavy atom. The van der Waals surface area contributed by atoms with E-state index in [1.165, 1.54) is 4.68 Å². The minimum atomic E-state index is -0.430. The molecule has 0 bridgehead atoms. The molecule has 0 saturated carbocycles. The second kappa shape index (κ2) is 10.7. The smallest absolute Gasteiger partial charge is 0.282 e. The van der Waals surface area contributed by atoms with Crippen molar-refractivity contribution in [1.82, 2.24) is 20.9 Å². The lowest BCUT2D eigenvalue weighted by Gasteiger charge is -2.21. The third kappa shape index (κ3) is 5.02. The molecule has 2 aromatic heterocycles. The molecule has 0 saturated heterocycles. The van der Waals surface area contributed by atoms with Crippen LogP contribution < -0.4 is 11.7 Å². The van der Waals surface area contributed by atoms with E-state index in [-0.39, 0.29) is 22.5 Å². The lowest BCUT2D eigenvalue weighted by molar-refractivity contribution is 0.384. The highest BCUT2D eigenvalue weighted by atomic mass is 35.5. The van der Waals surface area contributed by atoms with Crippen LogP contribution >= 0.6 is 23.4 Å². The van der Waals surface area contributed by atoms with Gasteiger partial charge < -0.3 is 11.3 Å². The number of rotatable bonds is 6. The highest BCUT2D eigenvalue weighted by molar-refractivity contribution is 7.99. The minimum Gasteiger partial charge on any atom is -0.493 e. The van der Waals surface area contributed by atoms with Crippen molar-refractivity contribution in [3.05, 3.63) is 130 Å². The van der Waals surface area contributed by atoms with E-state index in [9.17, 15) is 9.90 Å². The zero-order chi connectivity index (χ0) is 23.5. The van der Waals surface area contributed by atoms with E-state index < -0.39 is 6.04 Å². The van der Waals surface area contributed by atoms with E-state index in [2.05, 4.69) is 10.1 Å². The number of benzene rings is 3. The van der Waals surface area contributed by atoms with E-state index in [0.29, 0.717) is 9.92 Å². The SMILES string of the molecule is N.O=c1[nH]n(C(c2ccccc2)c2ccc(-c3ccncc3)cc2)c(O)c1Sc1ccccc1Cl. The second-order valence-corrected chi connectivity index (χ2v) is 9.13. The molecule has 35 heavy (non-hydrogen) atoms. The molecule has 0 amide bonds. The second-order valence-electron chi connectivity index (χ2n) is 7.67. The van der Waals surface area contributed by atoms with Crippen LogP contribution in [0.4, 0.5) is 0 Å². The third-order valence-corrected chi connectivity index (χ3v) is 7.11. The van der Waals surface area contributed by atoms with Crippen LogP contribution in [0.3, 0.4) is 0 Å². The first-order valence-electron chi connectivity index (χ1n) is 10.6. The number of H-pyrrole nitrogens is 1. The minimum absolute atomic E-state index is 0. The number of hydrogen-bond donors (Lipinski definition) is 3. The van der Waals surface area contributed by atoms with Crippen LogP contribution in [0.5, 0.6) is 5.88 Å². The molecule has 3 aromatic carbocycles. The Balaban J connectivity index is 0.00000289. The van der Waals surface area contributed by atoms with Gasteiger partial charge in [-0.05, 0) is 46.5 Å². The number of aromatic amines is 1. The molecule has 8 heteroatoms. The van der Waals surface area contributed by atoms with Gasteiger partial charge in [0.1, 0.15) is 10.9 Å². The molecule has 176 valence electrons. The van der Waals surface area contributed by atoms with Crippen molar-refractivity contribution in [2.24, 2.45) is 0 Å². The van der Waals surface area contributed by atoms with Crippen LogP contribution in [0.15, 0.2) is 118 Å². The predicted molar refractivity (Wildman–Crippen MR) is 141 cm³/mol. The molecule has 5 N–H and O–H groups in total. The van der Waals surface area contributed by atoms with Crippen molar-refractivity contribution < 1.29 is 5.11 Å². The van der Waals surface area contributed by atoms with Crippen LogP contribution in [0, 0.1) is 0 Å². The fraction of sp³-hybridized carbons (Fsp3) is 0.0370. The number of nitrogens with zero attached hydrogens (tertiary/aromatic N) is 2. The van der Waals surface area contributed by atoms with Gasteiger partial charge in [0.15, 0.2) is 0 Å². The molecule has 0 radical (unpaired) electrons. The monoisotopic (exact) mass is 502 g/mol. The van der Waals surface area contributed by atoms with E-state index in [1.807, 2.05) is 84.9 Å². The summed E-state index contributed by atoms with van der Waals surface area (Å²) in [6.45, 7) is 0.